The lowest BCUT2D eigenvalue weighted by atomic mass is 9.79. The van der Waals surface area contributed by atoms with Gasteiger partial charge in [0.15, 0.2) is 5.60 Å². The van der Waals surface area contributed by atoms with E-state index in [4.69, 9.17) is 14.2 Å². The Balaban J connectivity index is 2.21. The lowest BCUT2D eigenvalue weighted by molar-refractivity contribution is -0.146. The molecule has 0 aromatic carbocycles. The summed E-state index contributed by atoms with van der Waals surface area (Å²) < 4.78 is 15.9. The van der Waals surface area contributed by atoms with Crippen molar-refractivity contribution in [1.29, 1.82) is 0 Å². The highest BCUT2D eigenvalue weighted by molar-refractivity contribution is 5.84. The third-order valence-corrected chi connectivity index (χ3v) is 3.74. The molecule has 2 rings (SSSR count). The predicted molar refractivity (Wildman–Crippen MR) is 53.4 cm³/mol. The first kappa shape index (κ1) is 10.9. The van der Waals surface area contributed by atoms with E-state index >= 15 is 0 Å². The summed E-state index contributed by atoms with van der Waals surface area (Å²) in [6, 6.07) is 0. The van der Waals surface area contributed by atoms with E-state index in [9.17, 15) is 4.79 Å². The summed E-state index contributed by atoms with van der Waals surface area (Å²) in [5, 5.41) is 0. The molecule has 2 saturated heterocycles. The van der Waals surface area contributed by atoms with Crippen molar-refractivity contribution in [3.63, 3.8) is 0 Å². The number of ether oxygens (including phenoxy) is 3. The molecule has 2 heterocycles. The van der Waals surface area contributed by atoms with E-state index < -0.39 is 11.2 Å². The Bertz CT molecular complexity index is 288. The molecule has 4 heteroatoms. The molecule has 2 aliphatic heterocycles. The maximum absolute atomic E-state index is 11.6. The average Bonchev–Trinajstić information content (AvgIpc) is 2.61. The molecule has 0 saturated carbocycles. The summed E-state index contributed by atoms with van der Waals surface area (Å²) in [7, 11) is 1.39. The highest BCUT2D eigenvalue weighted by Crippen LogP contribution is 2.58. The van der Waals surface area contributed by atoms with Crippen molar-refractivity contribution in [2.75, 3.05) is 20.3 Å². The fourth-order valence-electron chi connectivity index (χ4n) is 2.65. The van der Waals surface area contributed by atoms with Gasteiger partial charge < -0.3 is 14.2 Å². The molecule has 2 fully saturated rings. The van der Waals surface area contributed by atoms with Gasteiger partial charge in [-0.25, -0.2) is 4.79 Å². The highest BCUT2D eigenvalue weighted by Gasteiger charge is 2.77. The third-order valence-electron chi connectivity index (χ3n) is 3.74. The molecule has 86 valence electrons. The second kappa shape index (κ2) is 3.19. The number of epoxide rings is 1. The molecule has 0 amide bonds. The van der Waals surface area contributed by atoms with Crippen LogP contribution in [0.1, 0.15) is 20.8 Å². The number of esters is 1. The van der Waals surface area contributed by atoms with Gasteiger partial charge in [-0.1, -0.05) is 13.8 Å². The van der Waals surface area contributed by atoms with Crippen LogP contribution >= 0.6 is 0 Å². The number of carbonyl (C=O) groups is 1. The number of hydrogen-bond donors (Lipinski definition) is 0. The smallest absolute Gasteiger partial charge is 0.341 e. The van der Waals surface area contributed by atoms with Gasteiger partial charge in [-0.2, -0.15) is 0 Å². The number of carbonyl (C=O) groups excluding carboxylic acids is 1. The van der Waals surface area contributed by atoms with Crippen LogP contribution in [0.25, 0.3) is 0 Å². The zero-order valence-corrected chi connectivity index (χ0v) is 9.70. The molecular formula is C11H18O4. The Hall–Kier alpha value is -0.610. The van der Waals surface area contributed by atoms with E-state index in [1.807, 2.05) is 0 Å². The monoisotopic (exact) mass is 214 g/mol. The number of rotatable bonds is 2. The Morgan fingerprint density at radius 3 is 2.73 bits per heavy atom. The zero-order chi connectivity index (χ0) is 11.3. The fourth-order valence-corrected chi connectivity index (χ4v) is 2.65. The van der Waals surface area contributed by atoms with Crippen LogP contribution in [0.5, 0.6) is 0 Å². The maximum Gasteiger partial charge on any atom is 0.341 e. The van der Waals surface area contributed by atoms with Crippen LogP contribution in [0.2, 0.25) is 0 Å². The van der Waals surface area contributed by atoms with E-state index in [0.717, 1.165) is 0 Å². The summed E-state index contributed by atoms with van der Waals surface area (Å²) in [5.41, 5.74) is -1.23. The van der Waals surface area contributed by atoms with Gasteiger partial charge in [-0.3, -0.25) is 0 Å². The highest BCUT2D eigenvalue weighted by atomic mass is 16.7. The summed E-state index contributed by atoms with van der Waals surface area (Å²) in [6.45, 7) is 7.22. The molecule has 3 atom stereocenters. The quantitative estimate of drug-likeness (QED) is 0.508. The summed E-state index contributed by atoms with van der Waals surface area (Å²) >= 11 is 0. The van der Waals surface area contributed by atoms with Gasteiger partial charge in [0.05, 0.1) is 20.3 Å². The zero-order valence-electron chi connectivity index (χ0n) is 9.70. The van der Waals surface area contributed by atoms with E-state index in [-0.39, 0.29) is 11.9 Å². The van der Waals surface area contributed by atoms with Gasteiger partial charge >= 0.3 is 5.97 Å². The third kappa shape index (κ3) is 1.24. The van der Waals surface area contributed by atoms with Crippen LogP contribution in [0.15, 0.2) is 0 Å². The minimum absolute atomic E-state index is 0.279. The van der Waals surface area contributed by atoms with Crippen LogP contribution in [-0.2, 0) is 19.0 Å². The van der Waals surface area contributed by atoms with Gasteiger partial charge in [0.25, 0.3) is 0 Å². The first-order valence-corrected chi connectivity index (χ1v) is 5.34. The van der Waals surface area contributed by atoms with Crippen molar-refractivity contribution < 1.29 is 19.0 Å². The minimum atomic E-state index is -0.798. The molecule has 0 aliphatic carbocycles. The van der Waals surface area contributed by atoms with Crippen LogP contribution < -0.4 is 0 Å². The molecular weight excluding hydrogens is 196 g/mol. The molecule has 0 bridgehead atoms. The number of methoxy groups -OCH3 is 1. The number of hydrogen-bond acceptors (Lipinski definition) is 4. The van der Waals surface area contributed by atoms with E-state index in [1.54, 1.807) is 6.92 Å². The maximum atomic E-state index is 11.6. The Kier molecular flexibility index (Phi) is 2.32. The molecule has 0 N–H and O–H groups in total. The molecule has 0 aromatic heterocycles. The molecule has 2 aliphatic rings. The van der Waals surface area contributed by atoms with Gasteiger partial charge in [-0.15, -0.1) is 0 Å². The largest absolute Gasteiger partial charge is 0.467 e. The van der Waals surface area contributed by atoms with Crippen LogP contribution in [0.3, 0.4) is 0 Å². The average molecular weight is 214 g/mol. The molecule has 1 spiro atoms. The summed E-state index contributed by atoms with van der Waals surface area (Å²) in [5.74, 6) is 0.430. The second-order valence-corrected chi connectivity index (χ2v) is 4.88. The SMILES string of the molecule is COC(=O)C1(C)OC12COCC2C(C)C. The first-order chi connectivity index (χ1) is 6.98. The van der Waals surface area contributed by atoms with E-state index in [0.29, 0.717) is 19.1 Å². The minimum Gasteiger partial charge on any atom is -0.467 e. The van der Waals surface area contributed by atoms with Crippen LogP contribution in [0, 0.1) is 11.8 Å². The topological polar surface area (TPSA) is 48.1 Å². The van der Waals surface area contributed by atoms with Crippen LogP contribution in [0.4, 0.5) is 0 Å². The van der Waals surface area contributed by atoms with Gasteiger partial charge in [0, 0.05) is 5.92 Å². The molecule has 15 heavy (non-hydrogen) atoms. The van der Waals surface area contributed by atoms with Gasteiger partial charge in [0.2, 0.25) is 0 Å². The van der Waals surface area contributed by atoms with Crippen molar-refractivity contribution in [2.45, 2.75) is 32.0 Å². The Labute approximate surface area is 89.9 Å². The summed E-state index contributed by atoms with van der Waals surface area (Å²) in [6.07, 6.45) is 0. The first-order valence-electron chi connectivity index (χ1n) is 5.34. The van der Waals surface area contributed by atoms with Crippen molar-refractivity contribution >= 4 is 5.97 Å². The van der Waals surface area contributed by atoms with Crippen molar-refractivity contribution in [1.82, 2.24) is 0 Å². The predicted octanol–water partition coefficient (Wildman–Crippen LogP) is 0.989. The van der Waals surface area contributed by atoms with Crippen LogP contribution in [-0.4, -0.2) is 37.5 Å². The Morgan fingerprint density at radius 2 is 2.20 bits per heavy atom. The van der Waals surface area contributed by atoms with Crippen molar-refractivity contribution in [2.24, 2.45) is 11.8 Å². The molecule has 4 nitrogen and oxygen atoms in total. The molecule has 3 unspecified atom stereocenters. The van der Waals surface area contributed by atoms with E-state index in [1.165, 1.54) is 7.11 Å². The Morgan fingerprint density at radius 1 is 1.53 bits per heavy atom. The fraction of sp³-hybridized carbons (Fsp3) is 0.909. The lowest BCUT2D eigenvalue weighted by Gasteiger charge is -2.19. The van der Waals surface area contributed by atoms with Gasteiger partial charge in [0.1, 0.15) is 5.60 Å². The van der Waals surface area contributed by atoms with Crippen molar-refractivity contribution in [3.05, 3.63) is 0 Å². The van der Waals surface area contributed by atoms with E-state index in [2.05, 4.69) is 13.8 Å². The molecule has 0 radical (unpaired) electrons. The van der Waals surface area contributed by atoms with Crippen molar-refractivity contribution in [3.8, 4) is 0 Å². The standard InChI is InChI=1S/C11H18O4/c1-7(2)8-5-14-6-11(8)10(3,15-11)9(12)13-4/h7-8H,5-6H2,1-4H3. The lowest BCUT2D eigenvalue weighted by Crippen LogP contribution is -2.39. The normalized spacial score (nSPS) is 43.7. The van der Waals surface area contributed by atoms with Gasteiger partial charge in [-0.05, 0) is 12.8 Å². The summed E-state index contributed by atoms with van der Waals surface area (Å²) in [4.78, 5) is 11.6. The second-order valence-electron chi connectivity index (χ2n) is 4.88. The molecule has 0 aromatic rings.